The lowest BCUT2D eigenvalue weighted by Gasteiger charge is -2.16. The fourth-order valence-corrected chi connectivity index (χ4v) is 1.42. The molecule has 8 heteroatoms. The zero-order valence-corrected chi connectivity index (χ0v) is 11.5. The van der Waals surface area contributed by atoms with Gasteiger partial charge >= 0.3 is 11.9 Å². The van der Waals surface area contributed by atoms with Gasteiger partial charge in [0.25, 0.3) is 0 Å². The Balaban J connectivity index is 2.75. The van der Waals surface area contributed by atoms with E-state index < -0.39 is 36.0 Å². The topological polar surface area (TPSA) is 93.7 Å². The molecule has 1 rings (SSSR count). The molecule has 1 aromatic carbocycles. The van der Waals surface area contributed by atoms with E-state index in [9.17, 15) is 18.8 Å². The number of hydrazine groups is 1. The molecule has 0 saturated carbocycles. The predicted molar refractivity (Wildman–Crippen MR) is 70.6 cm³/mol. The van der Waals surface area contributed by atoms with Gasteiger partial charge in [-0.05, 0) is 12.1 Å². The second-order valence-corrected chi connectivity index (χ2v) is 3.92. The highest BCUT2D eigenvalue weighted by atomic mass is 19.1. The maximum Gasteiger partial charge on any atom is 0.332 e. The van der Waals surface area contributed by atoms with E-state index in [4.69, 9.17) is 0 Å². The van der Waals surface area contributed by atoms with Crippen LogP contribution in [-0.2, 0) is 23.9 Å². The number of carbonyl (C=O) groups excluding carboxylic acids is 3. The van der Waals surface area contributed by atoms with Gasteiger partial charge in [0, 0.05) is 0 Å². The lowest BCUT2D eigenvalue weighted by atomic mass is 10.1. The van der Waals surface area contributed by atoms with Gasteiger partial charge in [-0.2, -0.15) is 0 Å². The number of hydrogen-bond donors (Lipinski definition) is 2. The van der Waals surface area contributed by atoms with Crippen molar-refractivity contribution in [2.75, 3.05) is 19.6 Å². The zero-order valence-electron chi connectivity index (χ0n) is 11.5. The second kappa shape index (κ2) is 7.95. The van der Waals surface area contributed by atoms with Crippen molar-refractivity contribution in [3.05, 3.63) is 30.1 Å². The molecule has 0 radical (unpaired) electrons. The van der Waals surface area contributed by atoms with Gasteiger partial charge in [-0.3, -0.25) is 9.59 Å². The molecule has 1 unspecified atom stereocenters. The third-order valence-electron chi connectivity index (χ3n) is 2.53. The third kappa shape index (κ3) is 4.84. The molecule has 0 fully saturated rings. The lowest BCUT2D eigenvalue weighted by Crippen LogP contribution is -2.47. The van der Waals surface area contributed by atoms with Crippen molar-refractivity contribution in [1.29, 1.82) is 0 Å². The van der Waals surface area contributed by atoms with Crippen LogP contribution in [0.2, 0.25) is 0 Å². The summed E-state index contributed by atoms with van der Waals surface area (Å²) in [5, 5.41) is 0. The Kier molecular flexibility index (Phi) is 6.28. The average molecular weight is 298 g/mol. The number of nitrogens with one attached hydrogen (secondary N) is 2. The van der Waals surface area contributed by atoms with Gasteiger partial charge < -0.3 is 14.9 Å². The summed E-state index contributed by atoms with van der Waals surface area (Å²) in [6.07, 6.45) is -0.609. The zero-order chi connectivity index (χ0) is 15.8. The van der Waals surface area contributed by atoms with Gasteiger partial charge in [-0.15, -0.1) is 0 Å². The van der Waals surface area contributed by atoms with Crippen LogP contribution >= 0.6 is 0 Å². The third-order valence-corrected chi connectivity index (χ3v) is 2.53. The molecule has 0 aromatic heterocycles. The Bertz CT molecular complexity index is 535. The van der Waals surface area contributed by atoms with Crippen molar-refractivity contribution < 1.29 is 28.2 Å². The molecule has 1 aromatic rings. The minimum Gasteiger partial charge on any atom is -0.469 e. The first-order valence-corrected chi connectivity index (χ1v) is 5.93. The Morgan fingerprint density at radius 1 is 1.19 bits per heavy atom. The first kappa shape index (κ1) is 16.6. The van der Waals surface area contributed by atoms with Gasteiger partial charge in [-0.25, -0.2) is 14.6 Å². The van der Waals surface area contributed by atoms with Crippen LogP contribution in [-0.4, -0.2) is 38.0 Å². The van der Waals surface area contributed by atoms with Gasteiger partial charge in [0.1, 0.15) is 12.2 Å². The summed E-state index contributed by atoms with van der Waals surface area (Å²) in [4.78, 5) is 34.4. The number of methoxy groups -OCH3 is 2. The van der Waals surface area contributed by atoms with Crippen LogP contribution in [0.3, 0.4) is 0 Å². The maximum absolute atomic E-state index is 13.4. The normalized spacial score (nSPS) is 11.4. The molecule has 0 aliphatic carbocycles. The Hall–Kier alpha value is -2.48. The summed E-state index contributed by atoms with van der Waals surface area (Å²) in [6.45, 7) is 0. The smallest absolute Gasteiger partial charge is 0.332 e. The van der Waals surface area contributed by atoms with Crippen molar-refractivity contribution in [2.24, 2.45) is 0 Å². The summed E-state index contributed by atoms with van der Waals surface area (Å²) < 4.78 is 22.2. The van der Waals surface area contributed by atoms with E-state index in [1.54, 1.807) is 6.07 Å². The average Bonchev–Trinajstić information content (AvgIpc) is 2.48. The molecule has 0 aliphatic heterocycles. The highest BCUT2D eigenvalue weighted by Crippen LogP contribution is 2.11. The van der Waals surface area contributed by atoms with Crippen LogP contribution in [0.25, 0.3) is 0 Å². The molecular formula is C13H15FN2O5. The number of anilines is 1. The molecule has 0 aliphatic rings. The fraction of sp³-hybridized carbons (Fsp3) is 0.308. The standard InChI is InChI=1S/C13H15FN2O5/c1-20-11(18)7-10(17)12(13(19)21-2)16-15-9-6-4-3-5-8(9)14/h3-6,12,15-16H,7H2,1-2H3. The minimum atomic E-state index is -1.46. The molecule has 0 bridgehead atoms. The summed E-state index contributed by atoms with van der Waals surface area (Å²) in [5.74, 6) is -3.04. The molecule has 0 amide bonds. The van der Waals surface area contributed by atoms with E-state index in [1.807, 2.05) is 0 Å². The minimum absolute atomic E-state index is 0.0391. The highest BCUT2D eigenvalue weighted by molar-refractivity contribution is 6.09. The second-order valence-electron chi connectivity index (χ2n) is 3.92. The van der Waals surface area contributed by atoms with E-state index in [-0.39, 0.29) is 5.69 Å². The van der Waals surface area contributed by atoms with Gasteiger partial charge in [0.15, 0.2) is 11.8 Å². The number of rotatable bonds is 7. The molecule has 7 nitrogen and oxygen atoms in total. The van der Waals surface area contributed by atoms with Gasteiger partial charge in [0.2, 0.25) is 0 Å². The summed E-state index contributed by atoms with van der Waals surface area (Å²) >= 11 is 0. The van der Waals surface area contributed by atoms with E-state index in [1.165, 1.54) is 18.2 Å². The van der Waals surface area contributed by atoms with Crippen molar-refractivity contribution in [1.82, 2.24) is 5.43 Å². The number of Topliss-reactive ketones (excluding diaryl/α,β-unsaturated/α-hetero) is 1. The van der Waals surface area contributed by atoms with Gasteiger partial charge in [0.05, 0.1) is 19.9 Å². The van der Waals surface area contributed by atoms with Crippen molar-refractivity contribution in [2.45, 2.75) is 12.5 Å². The predicted octanol–water partition coefficient (Wildman–Crippen LogP) is 0.416. The molecule has 1 atom stereocenters. The van der Waals surface area contributed by atoms with E-state index in [2.05, 4.69) is 20.3 Å². The number of halogens is 1. The highest BCUT2D eigenvalue weighted by Gasteiger charge is 2.29. The van der Waals surface area contributed by atoms with Crippen LogP contribution in [0.5, 0.6) is 0 Å². The number of benzene rings is 1. The van der Waals surface area contributed by atoms with E-state index >= 15 is 0 Å². The number of carbonyl (C=O) groups is 3. The van der Waals surface area contributed by atoms with Crippen LogP contribution < -0.4 is 10.9 Å². The quantitative estimate of drug-likeness (QED) is 0.428. The fourth-order valence-electron chi connectivity index (χ4n) is 1.42. The number of para-hydroxylation sites is 1. The molecule has 0 heterocycles. The monoisotopic (exact) mass is 298 g/mol. The summed E-state index contributed by atoms with van der Waals surface area (Å²) in [7, 11) is 2.21. The number of ether oxygens (including phenoxy) is 2. The van der Waals surface area contributed by atoms with Crippen LogP contribution in [0, 0.1) is 5.82 Å². The Morgan fingerprint density at radius 2 is 1.86 bits per heavy atom. The summed E-state index contributed by atoms with van der Waals surface area (Å²) in [5.41, 5.74) is 4.78. The molecule has 0 spiro atoms. The SMILES string of the molecule is COC(=O)CC(=O)C(NNc1ccccc1F)C(=O)OC. The first-order valence-electron chi connectivity index (χ1n) is 5.93. The van der Waals surface area contributed by atoms with Crippen LogP contribution in [0.1, 0.15) is 6.42 Å². The van der Waals surface area contributed by atoms with Crippen molar-refractivity contribution in [3.63, 3.8) is 0 Å². The lowest BCUT2D eigenvalue weighted by molar-refractivity contribution is -0.148. The van der Waals surface area contributed by atoms with Gasteiger partial charge in [-0.1, -0.05) is 12.1 Å². The van der Waals surface area contributed by atoms with Crippen molar-refractivity contribution >= 4 is 23.4 Å². The van der Waals surface area contributed by atoms with Crippen LogP contribution in [0.15, 0.2) is 24.3 Å². The summed E-state index contributed by atoms with van der Waals surface area (Å²) in [6, 6.07) is 4.19. The Morgan fingerprint density at radius 3 is 2.43 bits per heavy atom. The number of esters is 2. The number of ketones is 1. The molecule has 0 saturated heterocycles. The first-order chi connectivity index (χ1) is 9.99. The maximum atomic E-state index is 13.4. The molecule has 21 heavy (non-hydrogen) atoms. The largest absolute Gasteiger partial charge is 0.469 e. The van der Waals surface area contributed by atoms with E-state index in [0.29, 0.717) is 0 Å². The van der Waals surface area contributed by atoms with Crippen molar-refractivity contribution in [3.8, 4) is 0 Å². The Labute approximate surface area is 120 Å². The molecule has 2 N–H and O–H groups in total. The molecule has 114 valence electrons. The molecular weight excluding hydrogens is 283 g/mol. The van der Waals surface area contributed by atoms with Crippen LogP contribution in [0.4, 0.5) is 10.1 Å². The number of hydrogen-bond acceptors (Lipinski definition) is 7. The van der Waals surface area contributed by atoms with E-state index in [0.717, 1.165) is 14.2 Å².